The minimum absolute atomic E-state index is 0.420. The van der Waals surface area contributed by atoms with Crippen LogP contribution in [0.25, 0.3) is 0 Å². The van der Waals surface area contributed by atoms with Gasteiger partial charge in [0.05, 0.1) is 13.2 Å². The van der Waals surface area contributed by atoms with Crippen molar-refractivity contribution < 1.29 is 9.47 Å². The zero-order chi connectivity index (χ0) is 13.4. The second-order valence-corrected chi connectivity index (χ2v) is 5.07. The number of halogens is 4. The fourth-order valence-electron chi connectivity index (χ4n) is 1.22. The molecule has 0 aliphatic rings. The van der Waals surface area contributed by atoms with E-state index < -0.39 is 0 Å². The van der Waals surface area contributed by atoms with Gasteiger partial charge in [0.15, 0.2) is 0 Å². The van der Waals surface area contributed by atoms with Gasteiger partial charge in [0, 0.05) is 28.9 Å². The van der Waals surface area contributed by atoms with Crippen LogP contribution < -0.4 is 9.47 Å². The van der Waals surface area contributed by atoms with E-state index in [2.05, 4.69) is 0 Å². The van der Waals surface area contributed by atoms with Gasteiger partial charge in [0.1, 0.15) is 16.5 Å². The van der Waals surface area contributed by atoms with Gasteiger partial charge in [-0.05, 0) is 12.8 Å². The maximum Gasteiger partial charge on any atom is 0.143 e. The van der Waals surface area contributed by atoms with Crippen LogP contribution in [0.1, 0.15) is 12.8 Å². The van der Waals surface area contributed by atoms with Crippen LogP contribution in [0, 0.1) is 0 Å². The van der Waals surface area contributed by atoms with Crippen LogP contribution in [0.15, 0.2) is 12.1 Å². The molecule has 0 bridgehead atoms. The van der Waals surface area contributed by atoms with Crippen molar-refractivity contribution in [1.29, 1.82) is 0 Å². The van der Waals surface area contributed by atoms with Crippen LogP contribution in [0.2, 0.25) is 10.0 Å². The van der Waals surface area contributed by atoms with Gasteiger partial charge in [-0.2, -0.15) is 0 Å². The van der Waals surface area contributed by atoms with Crippen molar-refractivity contribution in [2.24, 2.45) is 0 Å². The molecule has 0 aliphatic heterocycles. The third-order valence-corrected chi connectivity index (χ3v) is 3.17. The van der Waals surface area contributed by atoms with Crippen molar-refractivity contribution in [3.8, 4) is 11.5 Å². The Hall–Kier alpha value is -0.0200. The van der Waals surface area contributed by atoms with Gasteiger partial charge in [0.2, 0.25) is 0 Å². The van der Waals surface area contributed by atoms with E-state index in [1.165, 1.54) is 0 Å². The average molecular weight is 332 g/mol. The number of benzene rings is 1. The van der Waals surface area contributed by atoms with E-state index in [0.717, 1.165) is 12.8 Å². The van der Waals surface area contributed by atoms with Gasteiger partial charge < -0.3 is 9.47 Å². The van der Waals surface area contributed by atoms with Gasteiger partial charge in [-0.15, -0.1) is 23.2 Å². The largest absolute Gasteiger partial charge is 0.492 e. The second-order valence-electron chi connectivity index (χ2n) is 3.50. The summed E-state index contributed by atoms with van der Waals surface area (Å²) in [6.07, 6.45) is 1.49. The lowest BCUT2D eigenvalue weighted by Gasteiger charge is -2.12. The van der Waals surface area contributed by atoms with Crippen molar-refractivity contribution in [1.82, 2.24) is 0 Å². The van der Waals surface area contributed by atoms with Crippen LogP contribution >= 0.6 is 46.4 Å². The Morgan fingerprint density at radius 2 is 1.28 bits per heavy atom. The molecule has 0 unspecified atom stereocenters. The molecule has 102 valence electrons. The summed E-state index contributed by atoms with van der Waals surface area (Å²) in [6.45, 7) is 0.982. The molecule has 18 heavy (non-hydrogen) atoms. The summed E-state index contributed by atoms with van der Waals surface area (Å²) in [5.41, 5.74) is 0. The molecule has 0 amide bonds. The van der Waals surface area contributed by atoms with Gasteiger partial charge in [-0.3, -0.25) is 0 Å². The summed E-state index contributed by atoms with van der Waals surface area (Å²) in [5, 5.41) is 0.935. The Bertz CT molecular complexity index is 340. The minimum Gasteiger partial charge on any atom is -0.492 e. The molecular weight excluding hydrogens is 318 g/mol. The van der Waals surface area contributed by atoms with Gasteiger partial charge in [-0.1, -0.05) is 23.2 Å². The van der Waals surface area contributed by atoms with E-state index in [1.807, 2.05) is 0 Å². The Morgan fingerprint density at radius 1 is 0.833 bits per heavy atom. The van der Waals surface area contributed by atoms with E-state index in [-0.39, 0.29) is 0 Å². The van der Waals surface area contributed by atoms with E-state index in [0.29, 0.717) is 46.5 Å². The highest BCUT2D eigenvalue weighted by atomic mass is 35.5. The van der Waals surface area contributed by atoms with E-state index in [9.17, 15) is 0 Å². The number of alkyl halides is 2. The molecule has 0 heterocycles. The molecule has 0 aliphatic carbocycles. The topological polar surface area (TPSA) is 18.5 Å². The molecule has 0 fully saturated rings. The van der Waals surface area contributed by atoms with Crippen LogP contribution in [0.4, 0.5) is 0 Å². The Balaban J connectivity index is 2.71. The molecule has 0 saturated carbocycles. The molecule has 0 N–H and O–H groups in total. The molecule has 0 atom stereocenters. The maximum absolute atomic E-state index is 6.16. The molecule has 2 nitrogen and oxygen atoms in total. The standard InChI is InChI=1S/C12H14Cl4O2/c13-3-1-5-17-10-7-9(15)8-11(12(10)16)18-6-2-4-14/h7-8H,1-6H2. The number of ether oxygens (including phenoxy) is 2. The van der Waals surface area contributed by atoms with Crippen LogP contribution in [-0.4, -0.2) is 25.0 Å². The number of hydrogen-bond acceptors (Lipinski definition) is 2. The predicted octanol–water partition coefficient (Wildman–Crippen LogP) is 5.01. The molecule has 0 radical (unpaired) electrons. The summed E-state index contributed by atoms with van der Waals surface area (Å²) < 4.78 is 11.0. The van der Waals surface area contributed by atoms with E-state index >= 15 is 0 Å². The highest BCUT2D eigenvalue weighted by Crippen LogP contribution is 2.37. The lowest BCUT2D eigenvalue weighted by Crippen LogP contribution is -2.02. The van der Waals surface area contributed by atoms with Crippen molar-refractivity contribution in [2.45, 2.75) is 12.8 Å². The maximum atomic E-state index is 6.16. The summed E-state index contributed by atoms with van der Waals surface area (Å²) in [7, 11) is 0. The van der Waals surface area contributed by atoms with Crippen LogP contribution in [-0.2, 0) is 0 Å². The SMILES string of the molecule is ClCCCOc1cc(Cl)cc(OCCCCl)c1Cl. The smallest absolute Gasteiger partial charge is 0.143 e. The van der Waals surface area contributed by atoms with Crippen molar-refractivity contribution in [3.63, 3.8) is 0 Å². The fraction of sp³-hybridized carbons (Fsp3) is 0.500. The molecule has 0 aromatic heterocycles. The lowest BCUT2D eigenvalue weighted by molar-refractivity contribution is 0.303. The summed E-state index contributed by atoms with van der Waals surface area (Å²) in [5.74, 6) is 2.10. The zero-order valence-corrected chi connectivity index (χ0v) is 12.7. The van der Waals surface area contributed by atoms with Gasteiger partial charge in [0.25, 0.3) is 0 Å². The number of rotatable bonds is 8. The summed E-state index contributed by atoms with van der Waals surface area (Å²) >= 11 is 23.3. The Kier molecular flexibility index (Phi) is 8.00. The lowest BCUT2D eigenvalue weighted by atomic mass is 10.3. The Labute approximate surface area is 127 Å². The summed E-state index contributed by atoms with van der Waals surface area (Å²) in [6, 6.07) is 3.32. The van der Waals surface area contributed by atoms with E-state index in [4.69, 9.17) is 55.9 Å². The van der Waals surface area contributed by atoms with E-state index in [1.54, 1.807) is 12.1 Å². The number of hydrogen-bond donors (Lipinski definition) is 0. The van der Waals surface area contributed by atoms with Crippen LogP contribution in [0.3, 0.4) is 0 Å². The first-order chi connectivity index (χ1) is 8.69. The van der Waals surface area contributed by atoms with Crippen LogP contribution in [0.5, 0.6) is 11.5 Å². The minimum atomic E-state index is 0.420. The second kappa shape index (κ2) is 8.98. The zero-order valence-electron chi connectivity index (χ0n) is 9.73. The first-order valence-corrected chi connectivity index (χ1v) is 7.38. The molecule has 0 saturated heterocycles. The molecular formula is C12H14Cl4O2. The van der Waals surface area contributed by atoms with Crippen molar-refractivity contribution >= 4 is 46.4 Å². The monoisotopic (exact) mass is 330 g/mol. The fourth-order valence-corrected chi connectivity index (χ4v) is 1.86. The highest BCUT2D eigenvalue weighted by molar-refractivity contribution is 6.35. The summed E-state index contributed by atoms with van der Waals surface area (Å²) in [4.78, 5) is 0. The molecule has 6 heteroatoms. The van der Waals surface area contributed by atoms with Gasteiger partial charge >= 0.3 is 0 Å². The Morgan fingerprint density at radius 3 is 1.67 bits per heavy atom. The van der Waals surface area contributed by atoms with Gasteiger partial charge in [-0.25, -0.2) is 0 Å². The molecule has 1 aromatic rings. The van der Waals surface area contributed by atoms with Crippen molar-refractivity contribution in [3.05, 3.63) is 22.2 Å². The predicted molar refractivity (Wildman–Crippen MR) is 78.1 cm³/mol. The quantitative estimate of drug-likeness (QED) is 0.492. The first-order valence-electron chi connectivity index (χ1n) is 5.55. The first kappa shape index (κ1) is 16.0. The third-order valence-electron chi connectivity index (χ3n) is 2.04. The molecule has 0 spiro atoms. The molecule has 1 aromatic carbocycles. The molecule has 1 rings (SSSR count). The third kappa shape index (κ3) is 5.31. The highest BCUT2D eigenvalue weighted by Gasteiger charge is 2.11. The van der Waals surface area contributed by atoms with Crippen molar-refractivity contribution in [2.75, 3.05) is 25.0 Å². The average Bonchev–Trinajstić information content (AvgIpc) is 2.35. The normalized spacial score (nSPS) is 10.4.